The van der Waals surface area contributed by atoms with Crippen molar-refractivity contribution in [1.29, 1.82) is 0 Å². The van der Waals surface area contributed by atoms with E-state index in [0.717, 1.165) is 5.69 Å². The number of carbonyl (C=O) groups is 1. The van der Waals surface area contributed by atoms with Gasteiger partial charge in [0.05, 0.1) is 4.91 Å². The maximum atomic E-state index is 11.7. The Bertz CT molecular complexity index is 568. The molecule has 5 heteroatoms. The van der Waals surface area contributed by atoms with Crippen LogP contribution in [0.3, 0.4) is 0 Å². The Hall–Kier alpha value is -1.33. The van der Waals surface area contributed by atoms with Gasteiger partial charge in [0, 0.05) is 17.6 Å². The number of amides is 1. The molecule has 1 fully saturated rings. The maximum Gasteiger partial charge on any atom is 0.263 e. The van der Waals surface area contributed by atoms with Crippen LogP contribution in [0.15, 0.2) is 35.2 Å². The van der Waals surface area contributed by atoms with E-state index in [1.165, 1.54) is 17.3 Å². The minimum Gasteiger partial charge on any atom is -0.381 e. The lowest BCUT2D eigenvalue weighted by molar-refractivity contribution is -0.115. The Morgan fingerprint density at radius 2 is 2.17 bits per heavy atom. The molecule has 0 saturated carbocycles. The molecule has 2 N–H and O–H groups in total. The third kappa shape index (κ3) is 1.93. The second-order valence-corrected chi connectivity index (χ2v) is 6.14. The van der Waals surface area contributed by atoms with E-state index >= 15 is 0 Å². The number of carbonyl (C=O) groups excluding carboxylic acids is 1. The predicted octanol–water partition coefficient (Wildman–Crippen LogP) is 2.62. The van der Waals surface area contributed by atoms with E-state index in [2.05, 4.69) is 29.7 Å². The molecule has 2 atom stereocenters. The highest BCUT2D eigenvalue weighted by Gasteiger charge is 2.30. The van der Waals surface area contributed by atoms with Crippen LogP contribution >= 0.6 is 24.0 Å². The molecular weight excluding hydrogens is 264 g/mol. The summed E-state index contributed by atoms with van der Waals surface area (Å²) in [7, 11) is 0. The molecule has 0 bridgehead atoms. The highest BCUT2D eigenvalue weighted by molar-refractivity contribution is 8.26. The quantitative estimate of drug-likeness (QED) is 0.611. The molecule has 2 aliphatic rings. The molecule has 0 radical (unpaired) electrons. The van der Waals surface area contributed by atoms with Crippen LogP contribution in [0.25, 0.3) is 0 Å². The van der Waals surface area contributed by atoms with E-state index < -0.39 is 0 Å². The molecule has 1 aromatic rings. The molecule has 3 rings (SSSR count). The van der Waals surface area contributed by atoms with E-state index in [4.69, 9.17) is 12.2 Å². The van der Waals surface area contributed by atoms with Gasteiger partial charge in [-0.2, -0.15) is 0 Å². The Balaban J connectivity index is 1.96. The molecular formula is C13H12N2OS2. The topological polar surface area (TPSA) is 41.1 Å². The van der Waals surface area contributed by atoms with Gasteiger partial charge in [-0.25, -0.2) is 0 Å². The van der Waals surface area contributed by atoms with Crippen molar-refractivity contribution in [3.63, 3.8) is 0 Å². The molecule has 2 aliphatic heterocycles. The third-order valence-electron chi connectivity index (χ3n) is 3.21. The van der Waals surface area contributed by atoms with Gasteiger partial charge in [-0.05, 0) is 18.6 Å². The van der Waals surface area contributed by atoms with Gasteiger partial charge >= 0.3 is 0 Å². The number of nitrogens with one attached hydrogen (secondary N) is 2. The fourth-order valence-electron chi connectivity index (χ4n) is 2.36. The highest BCUT2D eigenvalue weighted by Crippen LogP contribution is 2.39. The Kier molecular flexibility index (Phi) is 2.87. The van der Waals surface area contributed by atoms with Gasteiger partial charge < -0.3 is 10.6 Å². The lowest BCUT2D eigenvalue weighted by Crippen LogP contribution is -2.19. The van der Waals surface area contributed by atoms with E-state index in [1.807, 2.05) is 18.2 Å². The van der Waals surface area contributed by atoms with Gasteiger partial charge in [0.15, 0.2) is 0 Å². The van der Waals surface area contributed by atoms with Crippen LogP contribution in [-0.4, -0.2) is 16.3 Å². The number of hydrogen-bond donors (Lipinski definition) is 2. The number of fused-ring (bicyclic) bond motifs is 1. The number of rotatable bonds is 1. The van der Waals surface area contributed by atoms with Crippen molar-refractivity contribution in [2.45, 2.75) is 18.9 Å². The highest BCUT2D eigenvalue weighted by atomic mass is 32.2. The summed E-state index contributed by atoms with van der Waals surface area (Å²) in [5.41, 5.74) is 2.39. The van der Waals surface area contributed by atoms with Crippen LogP contribution in [0, 0.1) is 0 Å². The number of thiocarbonyl (C=S) groups is 1. The Morgan fingerprint density at radius 1 is 1.39 bits per heavy atom. The van der Waals surface area contributed by atoms with Crippen molar-refractivity contribution in [2.24, 2.45) is 0 Å². The van der Waals surface area contributed by atoms with Gasteiger partial charge in [-0.15, -0.1) is 0 Å². The molecule has 0 unspecified atom stereocenters. The summed E-state index contributed by atoms with van der Waals surface area (Å²) < 4.78 is 0.540. The zero-order chi connectivity index (χ0) is 12.7. The number of hydrogen-bond acceptors (Lipinski definition) is 4. The van der Waals surface area contributed by atoms with Gasteiger partial charge in [0.1, 0.15) is 4.32 Å². The van der Waals surface area contributed by atoms with Gasteiger partial charge in [0.2, 0.25) is 0 Å². The first-order valence-corrected chi connectivity index (χ1v) is 6.98. The average Bonchev–Trinajstić information content (AvgIpc) is 2.81. The summed E-state index contributed by atoms with van der Waals surface area (Å²) in [4.78, 5) is 12.4. The van der Waals surface area contributed by atoms with Crippen molar-refractivity contribution < 1.29 is 4.79 Å². The van der Waals surface area contributed by atoms with Crippen molar-refractivity contribution in [3.05, 3.63) is 40.8 Å². The zero-order valence-corrected chi connectivity index (χ0v) is 11.4. The first kappa shape index (κ1) is 11.7. The summed E-state index contributed by atoms with van der Waals surface area (Å²) in [6, 6.07) is 8.49. The second-order valence-electron chi connectivity index (χ2n) is 4.42. The van der Waals surface area contributed by atoms with Gasteiger partial charge in [0.25, 0.3) is 5.91 Å². The van der Waals surface area contributed by atoms with E-state index in [0.29, 0.717) is 9.23 Å². The van der Waals surface area contributed by atoms with Crippen LogP contribution < -0.4 is 10.6 Å². The first-order valence-electron chi connectivity index (χ1n) is 5.75. The molecule has 2 heterocycles. The maximum absolute atomic E-state index is 11.7. The summed E-state index contributed by atoms with van der Waals surface area (Å²) in [5, 5.41) is 6.08. The minimum atomic E-state index is -0.0819. The third-order valence-corrected chi connectivity index (χ3v) is 4.40. The lowest BCUT2D eigenvalue weighted by atomic mass is 9.95. The number of para-hydroxylation sites is 1. The molecule has 92 valence electrons. The van der Waals surface area contributed by atoms with Crippen LogP contribution in [0.1, 0.15) is 18.4 Å². The fourth-order valence-corrected chi connectivity index (χ4v) is 3.42. The largest absolute Gasteiger partial charge is 0.381 e. The molecule has 0 aromatic heterocycles. The van der Waals surface area contributed by atoms with Crippen molar-refractivity contribution in [3.8, 4) is 0 Å². The van der Waals surface area contributed by atoms with E-state index in [-0.39, 0.29) is 17.9 Å². The molecule has 1 saturated heterocycles. The summed E-state index contributed by atoms with van der Waals surface area (Å²) in [5.74, 6) is 0.136. The van der Waals surface area contributed by atoms with E-state index in [1.54, 1.807) is 0 Å². The lowest BCUT2D eigenvalue weighted by Gasteiger charge is -2.11. The number of benzene rings is 1. The molecule has 0 spiro atoms. The van der Waals surface area contributed by atoms with Crippen LogP contribution in [0.4, 0.5) is 5.69 Å². The first-order chi connectivity index (χ1) is 8.65. The molecule has 0 aliphatic carbocycles. The predicted molar refractivity (Wildman–Crippen MR) is 78.7 cm³/mol. The summed E-state index contributed by atoms with van der Waals surface area (Å²) in [6.07, 6.45) is 2.02. The van der Waals surface area contributed by atoms with Crippen molar-refractivity contribution >= 4 is 39.9 Å². The van der Waals surface area contributed by atoms with Crippen LogP contribution in [0.2, 0.25) is 0 Å². The zero-order valence-electron chi connectivity index (χ0n) is 9.77. The van der Waals surface area contributed by atoms with Crippen LogP contribution in [0.5, 0.6) is 0 Å². The average molecular weight is 276 g/mol. The SMILES string of the molecule is C[C@@H]1Nc2ccccc2[C@H]1/C=C1\SC(=S)NC1=O. The van der Waals surface area contributed by atoms with Crippen molar-refractivity contribution in [2.75, 3.05) is 5.32 Å². The second kappa shape index (κ2) is 4.40. The number of anilines is 1. The molecule has 18 heavy (non-hydrogen) atoms. The van der Waals surface area contributed by atoms with Gasteiger partial charge in [-0.3, -0.25) is 4.79 Å². The summed E-state index contributed by atoms with van der Waals surface area (Å²) >= 11 is 6.34. The molecule has 3 nitrogen and oxygen atoms in total. The summed E-state index contributed by atoms with van der Waals surface area (Å²) in [6.45, 7) is 2.12. The molecule has 1 amide bonds. The Labute approximate surface area is 115 Å². The monoisotopic (exact) mass is 276 g/mol. The number of thioether (sulfide) groups is 1. The van der Waals surface area contributed by atoms with Crippen LogP contribution in [-0.2, 0) is 4.79 Å². The van der Waals surface area contributed by atoms with E-state index in [9.17, 15) is 4.79 Å². The van der Waals surface area contributed by atoms with Crippen molar-refractivity contribution in [1.82, 2.24) is 5.32 Å². The molecule has 1 aromatic carbocycles. The fraction of sp³-hybridized carbons (Fsp3) is 0.231. The normalized spacial score (nSPS) is 28.2. The Morgan fingerprint density at radius 3 is 2.89 bits per heavy atom. The van der Waals surface area contributed by atoms with Gasteiger partial charge in [-0.1, -0.05) is 48.3 Å². The minimum absolute atomic E-state index is 0.0819. The smallest absolute Gasteiger partial charge is 0.263 e. The standard InChI is InChI=1S/C13H12N2OS2/c1-7-9(6-11-12(16)15-13(17)18-11)8-4-2-3-5-10(8)14-7/h2-7,9,14H,1H3,(H,15,16,17)/b11-6-/t7-,9-/m0/s1.